The summed E-state index contributed by atoms with van der Waals surface area (Å²) >= 11 is 0. The Kier molecular flexibility index (Phi) is 31.0. The lowest BCUT2D eigenvalue weighted by molar-refractivity contribution is -0.219. The van der Waals surface area contributed by atoms with Crippen molar-refractivity contribution in [2.75, 3.05) is 102 Å². The van der Waals surface area contributed by atoms with E-state index in [-0.39, 0.29) is 83.3 Å². The second-order valence-corrected chi connectivity index (χ2v) is 30.9. The van der Waals surface area contributed by atoms with E-state index in [0.717, 1.165) is 19.6 Å². The van der Waals surface area contributed by atoms with E-state index >= 15 is 42.3 Å². The van der Waals surface area contributed by atoms with Crippen molar-refractivity contribution in [3.63, 3.8) is 0 Å². The molecule has 4 aliphatic carbocycles. The molecule has 1 spiro atoms. The smallest absolute Gasteiger partial charge is 0.377 e. The summed E-state index contributed by atoms with van der Waals surface area (Å²) < 4.78 is 85.3. The summed E-state index contributed by atoms with van der Waals surface area (Å²) in [7, 11) is 11.2. The first-order chi connectivity index (χ1) is 49.6. The Balaban J connectivity index is 1.36. The van der Waals surface area contributed by atoms with Gasteiger partial charge in [0, 0.05) is 82.5 Å². The van der Waals surface area contributed by atoms with Gasteiger partial charge in [0.25, 0.3) is 0 Å². The molecule has 0 aromatic rings. The molecule has 2 unspecified atom stereocenters. The topological polar surface area (TPSA) is 289 Å². The molecule has 10 aliphatic rings. The van der Waals surface area contributed by atoms with E-state index < -0.39 is 212 Å². The highest BCUT2D eigenvalue weighted by Crippen LogP contribution is 2.45. The predicted octanol–water partition coefficient (Wildman–Crippen LogP) is 4.94. The maximum absolute atomic E-state index is 15.7. The second kappa shape index (κ2) is 38.2. The van der Waals surface area contributed by atoms with Crippen LogP contribution in [0.4, 0.5) is 22.0 Å². The average molecular weight is 1490 g/mol. The fourth-order valence-corrected chi connectivity index (χ4v) is 16.8. The summed E-state index contributed by atoms with van der Waals surface area (Å²) in [5.74, 6) is -13.8. The summed E-state index contributed by atoms with van der Waals surface area (Å²) in [5, 5.41) is 8.63. The third kappa shape index (κ3) is 21.4. The van der Waals surface area contributed by atoms with Crippen molar-refractivity contribution in [2.24, 2.45) is 29.6 Å². The van der Waals surface area contributed by atoms with E-state index in [1.54, 1.807) is 32.9 Å². The normalized spacial score (nSPS) is 32.0. The van der Waals surface area contributed by atoms with Crippen molar-refractivity contribution in [1.82, 2.24) is 60.0 Å². The van der Waals surface area contributed by atoms with Crippen LogP contribution in [0.15, 0.2) is 12.2 Å². The van der Waals surface area contributed by atoms with Gasteiger partial charge in [0.15, 0.2) is 0 Å². The van der Waals surface area contributed by atoms with Crippen molar-refractivity contribution >= 4 is 70.9 Å². The molecule has 4 saturated carbocycles. The molecule has 3 N–H and O–H groups in total. The van der Waals surface area contributed by atoms with E-state index in [2.05, 4.69) is 16.0 Å². The molecule has 592 valence electrons. The number of rotatable bonds is 11. The molecule has 0 aromatic heterocycles. The number of halogens is 5. The van der Waals surface area contributed by atoms with Crippen molar-refractivity contribution in [3.05, 3.63) is 12.2 Å². The Bertz CT molecular complexity index is 3080. The Morgan fingerprint density at radius 2 is 1.30 bits per heavy atom. The standard InChI is InChI=1S/C74H117F5N12O14/c1-13-34-90-57-38-46-26-29-49(30-27-46)105-35-22-16-17-25-54(65(96)81-63(45(4)14-2)70(101)86(9)43-60(94)84(7)44-61(90)95)87(10)59(93)40-56(68(99)83(5)6)88(11)71(102)64(48-23-18-19-24-48)89(12)72(103)73(32-20-21-33-73)82-66(97)55-39-50(104-15-3)41-91(55)67(98)53(80-58(92)42-85(8)69(57)100)31-28-47-36-51(75)62(52(76)37-47)74(77,78)79/h16,22,45-57,62-64H,13-15,17-21,23-44H2,1-12H3,(H,80,92)(H,81,96)(H,82,97)/b22-16+/t45-,46?,47?,49?,50+,51?,52?,53-,54-,55-,56-,57-,62?,63-,64-/m0/s1. The van der Waals surface area contributed by atoms with Gasteiger partial charge in [-0.2, -0.15) is 13.2 Å². The van der Waals surface area contributed by atoms with Gasteiger partial charge < -0.3 is 69.5 Å². The molecule has 105 heavy (non-hydrogen) atoms. The van der Waals surface area contributed by atoms with Crippen molar-refractivity contribution in [1.29, 1.82) is 0 Å². The highest BCUT2D eigenvalue weighted by atomic mass is 19.4. The number of carbonyl (C=O) groups excluding carboxylic acids is 12. The highest BCUT2D eigenvalue weighted by Gasteiger charge is 2.55. The maximum atomic E-state index is 15.7. The van der Waals surface area contributed by atoms with Crippen LogP contribution in [0.2, 0.25) is 0 Å². The van der Waals surface area contributed by atoms with Gasteiger partial charge in [-0.25, -0.2) is 8.78 Å². The monoisotopic (exact) mass is 1490 g/mol. The van der Waals surface area contributed by atoms with Crippen LogP contribution < -0.4 is 16.0 Å². The Morgan fingerprint density at radius 3 is 1.90 bits per heavy atom. The van der Waals surface area contributed by atoms with E-state index in [4.69, 9.17) is 9.47 Å². The number of alkyl halides is 5. The van der Waals surface area contributed by atoms with Crippen LogP contribution in [0.5, 0.6) is 0 Å². The third-order valence-electron chi connectivity index (χ3n) is 23.2. The molecule has 12 amide bonds. The molecule has 6 fully saturated rings. The minimum absolute atomic E-state index is 0.0175. The predicted molar refractivity (Wildman–Crippen MR) is 378 cm³/mol. The second-order valence-electron chi connectivity index (χ2n) is 30.9. The Labute approximate surface area is 615 Å². The van der Waals surface area contributed by atoms with Gasteiger partial charge in [0.2, 0.25) is 70.9 Å². The van der Waals surface area contributed by atoms with Gasteiger partial charge in [-0.15, -0.1) is 0 Å². The number of ether oxygens (including phenoxy) is 2. The molecule has 4 bridgehead atoms. The van der Waals surface area contributed by atoms with E-state index in [9.17, 15) is 37.1 Å². The molecule has 0 radical (unpaired) electrons. The summed E-state index contributed by atoms with van der Waals surface area (Å²) in [6.45, 7) is 5.26. The Morgan fingerprint density at radius 1 is 0.667 bits per heavy atom. The molecular weight excluding hydrogens is 1380 g/mol. The number of nitrogens with one attached hydrogen (secondary N) is 3. The Hall–Kier alpha value is -7.05. The summed E-state index contributed by atoms with van der Waals surface area (Å²) in [6.07, 6.45) is -3.89. The molecule has 6 aliphatic heterocycles. The first kappa shape index (κ1) is 85.2. The fourth-order valence-electron chi connectivity index (χ4n) is 16.8. The zero-order chi connectivity index (χ0) is 77.5. The van der Waals surface area contributed by atoms with Gasteiger partial charge in [0.05, 0.1) is 44.9 Å². The van der Waals surface area contributed by atoms with E-state index in [1.165, 1.54) is 80.9 Å². The number of hydrogen-bond donors (Lipinski definition) is 3. The van der Waals surface area contributed by atoms with Crippen LogP contribution >= 0.6 is 0 Å². The SMILES string of the molecule is CCCN1C(=O)CN(C)C(=O)CN(C)C(=O)[C@H]([C@@H](C)CC)NC(=O)[C@@H]2CC/C=C/COC3CCC(CC3)C[C@H]1C(=O)N(C)CC(=O)N[C@@H](CCC1CC(F)C(C(F)(F)F)C(F)C1)C(=O)N1C[C@H](OCC)C[C@H]1C(=O)NC1(CCCC1)C(=O)N(C)[C@@H](C1CCCC1)C(=O)N(C)[C@H](C(=O)N(C)C)CC(=O)N2C. The average Bonchev–Trinajstić information content (AvgIpc) is 1.71. The number of allylic oxidation sites excluding steroid dienone is 1. The molecule has 6 heterocycles. The van der Waals surface area contributed by atoms with Crippen LogP contribution in [-0.4, -0.2) is 296 Å². The van der Waals surface area contributed by atoms with E-state index in [0.29, 0.717) is 77.0 Å². The lowest BCUT2D eigenvalue weighted by Crippen LogP contribution is -2.65. The van der Waals surface area contributed by atoms with Gasteiger partial charge in [0.1, 0.15) is 66.1 Å². The lowest BCUT2D eigenvalue weighted by atomic mass is 9.76. The van der Waals surface area contributed by atoms with Crippen LogP contribution in [0.25, 0.3) is 0 Å². The third-order valence-corrected chi connectivity index (χ3v) is 23.2. The lowest BCUT2D eigenvalue weighted by Gasteiger charge is -2.42. The van der Waals surface area contributed by atoms with Gasteiger partial charge in [-0.05, 0) is 133 Å². The zero-order valence-corrected chi connectivity index (χ0v) is 63.7. The molecule has 11 atom stereocenters. The van der Waals surface area contributed by atoms with Crippen molar-refractivity contribution in [2.45, 2.75) is 254 Å². The van der Waals surface area contributed by atoms with Crippen LogP contribution in [0.3, 0.4) is 0 Å². The maximum Gasteiger partial charge on any atom is 0.397 e. The molecule has 2 saturated heterocycles. The first-order valence-electron chi connectivity index (χ1n) is 38.1. The van der Waals surface area contributed by atoms with Crippen LogP contribution in [-0.2, 0) is 67.0 Å². The number of hydrogen-bond acceptors (Lipinski definition) is 14. The number of nitrogens with zero attached hydrogens (tertiary/aromatic N) is 9. The zero-order valence-electron chi connectivity index (χ0n) is 63.7. The van der Waals surface area contributed by atoms with Crippen molar-refractivity contribution < 1.29 is 89.0 Å². The fraction of sp³-hybridized carbons (Fsp3) is 0.811. The quantitative estimate of drug-likeness (QED) is 0.183. The first-order valence-corrected chi connectivity index (χ1v) is 38.1. The van der Waals surface area contributed by atoms with Gasteiger partial charge in [-0.1, -0.05) is 65.0 Å². The van der Waals surface area contributed by atoms with Gasteiger partial charge in [-0.3, -0.25) is 57.5 Å². The highest BCUT2D eigenvalue weighted by molar-refractivity contribution is 6.01. The molecule has 0 aromatic carbocycles. The van der Waals surface area contributed by atoms with Gasteiger partial charge >= 0.3 is 6.18 Å². The number of amides is 12. The van der Waals surface area contributed by atoms with E-state index in [1.807, 2.05) is 6.92 Å². The summed E-state index contributed by atoms with van der Waals surface area (Å²) in [6, 6.07) is -9.53. The molecule has 10 rings (SSSR count). The minimum Gasteiger partial charge on any atom is -0.377 e. The molecular formula is C74H117F5N12O14. The van der Waals surface area contributed by atoms with Crippen molar-refractivity contribution in [3.8, 4) is 0 Å². The number of likely N-dealkylation sites (N-methyl/N-ethyl adjacent to an activating group) is 7. The summed E-state index contributed by atoms with van der Waals surface area (Å²) in [5.41, 5.74) is -1.68. The minimum atomic E-state index is -5.18. The molecule has 26 nitrogen and oxygen atoms in total. The van der Waals surface area contributed by atoms with Crippen LogP contribution in [0.1, 0.15) is 175 Å². The summed E-state index contributed by atoms with van der Waals surface area (Å²) in [4.78, 5) is 192. The number of carbonyl (C=O) groups is 12. The largest absolute Gasteiger partial charge is 0.397 e. The van der Waals surface area contributed by atoms with Crippen LogP contribution in [0, 0.1) is 29.6 Å². The molecule has 31 heteroatoms.